The van der Waals surface area contributed by atoms with Gasteiger partial charge in [0.15, 0.2) is 0 Å². The van der Waals surface area contributed by atoms with Crippen LogP contribution in [-0.2, 0) is 4.84 Å². The molecule has 1 N–H and O–H groups in total. The van der Waals surface area contributed by atoms with E-state index in [4.69, 9.17) is 4.84 Å². The van der Waals surface area contributed by atoms with E-state index in [1.54, 1.807) is 25.5 Å². The van der Waals surface area contributed by atoms with Crippen LogP contribution in [0, 0.1) is 0 Å². The lowest BCUT2D eigenvalue weighted by Gasteiger charge is -2.11. The number of rotatable bonds is 2. The molecule has 2 aromatic heterocycles. The summed E-state index contributed by atoms with van der Waals surface area (Å²) in [6.45, 7) is 0. The lowest BCUT2D eigenvalue weighted by Crippen LogP contribution is -2.25. The van der Waals surface area contributed by atoms with Crippen molar-refractivity contribution in [1.82, 2.24) is 15.0 Å². The number of amides is 1. The molecule has 0 aromatic carbocycles. The van der Waals surface area contributed by atoms with E-state index in [0.717, 1.165) is 16.0 Å². The Bertz CT molecular complexity index is 459. The summed E-state index contributed by atoms with van der Waals surface area (Å²) in [5.74, 6) is -0.214. The number of aromatic amines is 1. The van der Waals surface area contributed by atoms with Gasteiger partial charge in [-0.15, -0.1) is 0 Å². The van der Waals surface area contributed by atoms with Crippen LogP contribution < -0.4 is 0 Å². The van der Waals surface area contributed by atoms with Gasteiger partial charge in [0.1, 0.15) is 5.69 Å². The molecule has 1 amide bonds. The van der Waals surface area contributed by atoms with Gasteiger partial charge in [-0.05, 0) is 12.1 Å². The zero-order valence-electron chi connectivity index (χ0n) is 8.52. The van der Waals surface area contributed by atoms with Gasteiger partial charge in [-0.25, -0.2) is 5.06 Å². The summed E-state index contributed by atoms with van der Waals surface area (Å²) in [7, 11) is 3.01. The molecule has 78 valence electrons. The molecule has 0 saturated carbocycles. The molecule has 0 fully saturated rings. The molecule has 0 atom stereocenters. The summed E-state index contributed by atoms with van der Waals surface area (Å²) in [6.07, 6.45) is 3.38. The second-order valence-electron chi connectivity index (χ2n) is 3.13. The van der Waals surface area contributed by atoms with Gasteiger partial charge in [0.25, 0.3) is 5.91 Å². The van der Waals surface area contributed by atoms with E-state index in [9.17, 15) is 4.79 Å². The highest BCUT2D eigenvalue weighted by Crippen LogP contribution is 2.14. The maximum atomic E-state index is 11.7. The fourth-order valence-corrected chi connectivity index (χ4v) is 1.34. The van der Waals surface area contributed by atoms with Crippen molar-refractivity contribution in [1.29, 1.82) is 0 Å². The summed E-state index contributed by atoms with van der Waals surface area (Å²) in [6, 6.07) is 3.57. The number of hydrogen-bond donors (Lipinski definition) is 1. The monoisotopic (exact) mass is 205 g/mol. The Morgan fingerprint density at radius 1 is 1.60 bits per heavy atom. The van der Waals surface area contributed by atoms with Crippen molar-refractivity contribution >= 4 is 16.8 Å². The first kappa shape index (κ1) is 9.67. The molecule has 0 aliphatic carbocycles. The molecule has 0 spiro atoms. The number of hydroxylamine groups is 2. The molecule has 2 aromatic rings. The molecule has 15 heavy (non-hydrogen) atoms. The van der Waals surface area contributed by atoms with Crippen LogP contribution in [0.5, 0.6) is 0 Å². The molecular weight excluding hydrogens is 194 g/mol. The number of carbonyl (C=O) groups excluding carboxylic acids is 1. The molecule has 0 radical (unpaired) electrons. The van der Waals surface area contributed by atoms with Gasteiger partial charge in [-0.3, -0.25) is 14.6 Å². The van der Waals surface area contributed by atoms with Crippen LogP contribution in [0.3, 0.4) is 0 Å². The summed E-state index contributed by atoms with van der Waals surface area (Å²) >= 11 is 0. The quantitative estimate of drug-likeness (QED) is 0.749. The van der Waals surface area contributed by atoms with Gasteiger partial charge in [0.05, 0.1) is 7.11 Å². The molecule has 0 bridgehead atoms. The number of pyridine rings is 1. The van der Waals surface area contributed by atoms with Crippen molar-refractivity contribution in [2.24, 2.45) is 0 Å². The normalized spacial score (nSPS) is 10.5. The Balaban J connectivity index is 2.41. The third kappa shape index (κ3) is 1.69. The van der Waals surface area contributed by atoms with Crippen LogP contribution in [0.15, 0.2) is 24.5 Å². The van der Waals surface area contributed by atoms with Gasteiger partial charge in [0.2, 0.25) is 0 Å². The molecule has 2 heterocycles. The molecule has 2 rings (SSSR count). The predicted molar refractivity (Wildman–Crippen MR) is 55.2 cm³/mol. The molecule has 0 saturated heterocycles. The van der Waals surface area contributed by atoms with Crippen molar-refractivity contribution in [2.75, 3.05) is 14.2 Å². The average Bonchev–Trinajstić information content (AvgIpc) is 2.70. The maximum absolute atomic E-state index is 11.7. The standard InChI is InChI=1S/C10H11N3O2/c1-13(15-2)10(14)9-5-7-6-11-4-3-8(7)12-9/h3-6,12H,1-2H3. The van der Waals surface area contributed by atoms with E-state index in [1.165, 1.54) is 7.11 Å². The summed E-state index contributed by atoms with van der Waals surface area (Å²) in [5.41, 5.74) is 1.38. The number of nitrogens with zero attached hydrogens (tertiary/aromatic N) is 2. The van der Waals surface area contributed by atoms with Gasteiger partial charge >= 0.3 is 0 Å². The average molecular weight is 205 g/mol. The second-order valence-corrected chi connectivity index (χ2v) is 3.13. The van der Waals surface area contributed by atoms with Crippen LogP contribution in [0.4, 0.5) is 0 Å². The Labute approximate surface area is 86.6 Å². The van der Waals surface area contributed by atoms with Crippen LogP contribution >= 0.6 is 0 Å². The molecule has 0 unspecified atom stereocenters. The van der Waals surface area contributed by atoms with Crippen LogP contribution in [-0.4, -0.2) is 35.1 Å². The first-order valence-electron chi connectivity index (χ1n) is 4.47. The largest absolute Gasteiger partial charge is 0.350 e. The number of nitrogens with one attached hydrogen (secondary N) is 1. The Morgan fingerprint density at radius 3 is 3.07 bits per heavy atom. The van der Waals surface area contributed by atoms with Crippen molar-refractivity contribution in [2.45, 2.75) is 0 Å². The van der Waals surface area contributed by atoms with Crippen molar-refractivity contribution < 1.29 is 9.63 Å². The van der Waals surface area contributed by atoms with Gasteiger partial charge in [0, 0.05) is 30.3 Å². The van der Waals surface area contributed by atoms with E-state index in [0.29, 0.717) is 5.69 Å². The number of hydrogen-bond acceptors (Lipinski definition) is 3. The summed E-state index contributed by atoms with van der Waals surface area (Å²) in [4.78, 5) is 23.5. The highest BCUT2D eigenvalue weighted by Gasteiger charge is 2.13. The van der Waals surface area contributed by atoms with Crippen LogP contribution in [0.1, 0.15) is 10.5 Å². The zero-order valence-corrected chi connectivity index (χ0v) is 8.52. The Morgan fingerprint density at radius 2 is 2.40 bits per heavy atom. The van der Waals surface area contributed by atoms with Crippen LogP contribution in [0.25, 0.3) is 10.9 Å². The summed E-state index contributed by atoms with van der Waals surface area (Å²) < 4.78 is 0. The van der Waals surface area contributed by atoms with E-state index < -0.39 is 0 Å². The second kappa shape index (κ2) is 3.70. The van der Waals surface area contributed by atoms with Crippen molar-refractivity contribution in [3.63, 3.8) is 0 Å². The molecular formula is C10H11N3O2. The fraction of sp³-hybridized carbons (Fsp3) is 0.200. The van der Waals surface area contributed by atoms with Crippen molar-refractivity contribution in [3.8, 4) is 0 Å². The number of aromatic nitrogens is 2. The minimum atomic E-state index is -0.214. The molecule has 0 aliphatic rings. The molecule has 5 nitrogen and oxygen atoms in total. The fourth-order valence-electron chi connectivity index (χ4n) is 1.34. The first-order chi connectivity index (χ1) is 7.22. The maximum Gasteiger partial charge on any atom is 0.293 e. The zero-order chi connectivity index (χ0) is 10.8. The smallest absolute Gasteiger partial charge is 0.293 e. The highest BCUT2D eigenvalue weighted by molar-refractivity contribution is 5.97. The number of fused-ring (bicyclic) bond motifs is 1. The third-order valence-electron chi connectivity index (χ3n) is 2.21. The summed E-state index contributed by atoms with van der Waals surface area (Å²) in [5, 5.41) is 2.07. The highest BCUT2D eigenvalue weighted by atomic mass is 16.7. The van der Waals surface area contributed by atoms with Crippen molar-refractivity contribution in [3.05, 3.63) is 30.2 Å². The van der Waals surface area contributed by atoms with E-state index in [-0.39, 0.29) is 5.91 Å². The third-order valence-corrected chi connectivity index (χ3v) is 2.21. The van der Waals surface area contributed by atoms with Gasteiger partial charge in [-0.2, -0.15) is 0 Å². The lowest BCUT2D eigenvalue weighted by molar-refractivity contribution is -0.0759. The van der Waals surface area contributed by atoms with Crippen LogP contribution in [0.2, 0.25) is 0 Å². The predicted octanol–water partition coefficient (Wildman–Crippen LogP) is 1.20. The minimum Gasteiger partial charge on any atom is -0.350 e. The van der Waals surface area contributed by atoms with E-state index in [2.05, 4.69) is 9.97 Å². The van der Waals surface area contributed by atoms with Gasteiger partial charge in [-0.1, -0.05) is 0 Å². The number of H-pyrrole nitrogens is 1. The topological polar surface area (TPSA) is 58.2 Å². The first-order valence-corrected chi connectivity index (χ1v) is 4.47. The Hall–Kier alpha value is -1.88. The molecule has 0 aliphatic heterocycles. The minimum absolute atomic E-state index is 0.214. The number of carbonyl (C=O) groups is 1. The SMILES string of the molecule is CON(C)C(=O)c1cc2cnccc2[nH]1. The molecule has 5 heteroatoms. The van der Waals surface area contributed by atoms with Gasteiger partial charge < -0.3 is 4.98 Å². The Kier molecular flexibility index (Phi) is 2.39. The lowest BCUT2D eigenvalue weighted by atomic mass is 10.3. The van der Waals surface area contributed by atoms with E-state index >= 15 is 0 Å². The van der Waals surface area contributed by atoms with E-state index in [1.807, 2.05) is 6.07 Å².